The standard InChI is InChI=1S/C14H18Cl3N3OS/c1-3-5-11(21)19-12(14(15,16)17)20-13(22)18-10-7-4-6-9(2)8-10/h4,6-8,12H,3,5H2,1-2H3,(H,19,21)(H2,18,20,22). The summed E-state index contributed by atoms with van der Waals surface area (Å²) < 4.78 is -1.73. The van der Waals surface area contributed by atoms with E-state index in [4.69, 9.17) is 47.0 Å². The van der Waals surface area contributed by atoms with Crippen LogP contribution in [0, 0.1) is 6.92 Å². The Morgan fingerprint density at radius 3 is 2.55 bits per heavy atom. The molecule has 0 heterocycles. The Morgan fingerprint density at radius 1 is 1.32 bits per heavy atom. The predicted octanol–water partition coefficient (Wildman–Crippen LogP) is 3.89. The van der Waals surface area contributed by atoms with E-state index >= 15 is 0 Å². The highest BCUT2D eigenvalue weighted by molar-refractivity contribution is 7.80. The molecule has 1 aromatic carbocycles. The van der Waals surface area contributed by atoms with Crippen LogP contribution in [-0.4, -0.2) is 21.0 Å². The molecule has 0 aliphatic rings. The van der Waals surface area contributed by atoms with Gasteiger partial charge in [-0.2, -0.15) is 0 Å². The molecule has 0 aliphatic heterocycles. The SMILES string of the molecule is CCCC(=O)NC(NC(=S)Nc1cccc(C)c1)C(Cl)(Cl)Cl. The number of rotatable bonds is 5. The molecule has 8 heteroatoms. The number of anilines is 1. The van der Waals surface area contributed by atoms with Gasteiger partial charge in [-0.25, -0.2) is 0 Å². The van der Waals surface area contributed by atoms with E-state index in [1.165, 1.54) is 0 Å². The Balaban J connectivity index is 2.68. The molecule has 0 radical (unpaired) electrons. The number of carbonyl (C=O) groups is 1. The molecule has 0 spiro atoms. The van der Waals surface area contributed by atoms with Crippen molar-refractivity contribution in [2.24, 2.45) is 0 Å². The van der Waals surface area contributed by atoms with Gasteiger partial charge in [0, 0.05) is 12.1 Å². The molecule has 0 saturated carbocycles. The number of benzene rings is 1. The summed E-state index contributed by atoms with van der Waals surface area (Å²) in [6.45, 7) is 3.86. The third-order valence-electron chi connectivity index (χ3n) is 2.66. The van der Waals surface area contributed by atoms with Crippen molar-refractivity contribution in [2.45, 2.75) is 36.6 Å². The Hall–Kier alpha value is -0.750. The van der Waals surface area contributed by atoms with Gasteiger partial charge < -0.3 is 16.0 Å². The lowest BCUT2D eigenvalue weighted by atomic mass is 10.2. The van der Waals surface area contributed by atoms with Gasteiger partial charge in [0.1, 0.15) is 6.17 Å². The van der Waals surface area contributed by atoms with Crippen molar-refractivity contribution in [1.82, 2.24) is 10.6 Å². The number of amides is 1. The molecule has 0 fully saturated rings. The van der Waals surface area contributed by atoms with Gasteiger partial charge in [0.05, 0.1) is 0 Å². The smallest absolute Gasteiger partial charge is 0.228 e. The fraction of sp³-hybridized carbons (Fsp3) is 0.429. The van der Waals surface area contributed by atoms with Gasteiger partial charge >= 0.3 is 0 Å². The molecule has 1 amide bonds. The molecular weight excluding hydrogens is 365 g/mol. The third-order valence-corrected chi connectivity index (χ3v) is 3.54. The van der Waals surface area contributed by atoms with E-state index in [-0.39, 0.29) is 11.0 Å². The summed E-state index contributed by atoms with van der Waals surface area (Å²) in [5.41, 5.74) is 1.89. The number of aryl methyl sites for hydroxylation is 1. The number of hydrogen-bond acceptors (Lipinski definition) is 2. The predicted molar refractivity (Wildman–Crippen MR) is 97.7 cm³/mol. The van der Waals surface area contributed by atoms with Crippen LogP contribution in [0.25, 0.3) is 0 Å². The summed E-state index contributed by atoms with van der Waals surface area (Å²) in [7, 11) is 0. The number of alkyl halides is 3. The lowest BCUT2D eigenvalue weighted by Crippen LogP contribution is -2.56. The minimum Gasteiger partial charge on any atom is -0.339 e. The van der Waals surface area contributed by atoms with Crippen molar-refractivity contribution in [3.63, 3.8) is 0 Å². The van der Waals surface area contributed by atoms with Crippen LogP contribution in [0.3, 0.4) is 0 Å². The topological polar surface area (TPSA) is 53.2 Å². The highest BCUT2D eigenvalue weighted by Gasteiger charge is 2.34. The van der Waals surface area contributed by atoms with E-state index < -0.39 is 9.96 Å². The number of hydrogen-bond donors (Lipinski definition) is 3. The van der Waals surface area contributed by atoms with Crippen LogP contribution in [-0.2, 0) is 4.79 Å². The first kappa shape index (κ1) is 19.3. The molecule has 1 rings (SSSR count). The largest absolute Gasteiger partial charge is 0.339 e. The number of carbonyl (C=O) groups excluding carboxylic acids is 1. The Bertz CT molecular complexity index is 534. The molecule has 1 unspecified atom stereocenters. The fourth-order valence-electron chi connectivity index (χ4n) is 1.68. The van der Waals surface area contributed by atoms with E-state index in [2.05, 4.69) is 16.0 Å². The number of nitrogens with one attached hydrogen (secondary N) is 3. The maximum Gasteiger partial charge on any atom is 0.228 e. The van der Waals surface area contributed by atoms with E-state index in [9.17, 15) is 4.79 Å². The summed E-state index contributed by atoms with van der Waals surface area (Å²) in [5.74, 6) is -0.218. The molecule has 1 aromatic rings. The zero-order chi connectivity index (χ0) is 16.8. The summed E-state index contributed by atoms with van der Waals surface area (Å²) in [5, 5.41) is 8.65. The first-order chi connectivity index (χ1) is 10.2. The van der Waals surface area contributed by atoms with Crippen molar-refractivity contribution < 1.29 is 4.79 Å². The van der Waals surface area contributed by atoms with E-state index in [0.717, 1.165) is 11.3 Å². The van der Waals surface area contributed by atoms with Crippen LogP contribution in [0.1, 0.15) is 25.3 Å². The highest BCUT2D eigenvalue weighted by Crippen LogP contribution is 2.29. The Morgan fingerprint density at radius 2 is 2.00 bits per heavy atom. The maximum atomic E-state index is 11.7. The molecule has 0 aromatic heterocycles. The minimum absolute atomic E-state index is 0.218. The van der Waals surface area contributed by atoms with Crippen LogP contribution in [0.5, 0.6) is 0 Å². The Kier molecular flexibility index (Phi) is 7.69. The van der Waals surface area contributed by atoms with Gasteiger partial charge in [-0.1, -0.05) is 53.9 Å². The molecule has 0 aliphatic carbocycles. The van der Waals surface area contributed by atoms with Crippen LogP contribution in [0.2, 0.25) is 0 Å². The average molecular weight is 383 g/mol. The molecule has 3 N–H and O–H groups in total. The van der Waals surface area contributed by atoms with Gasteiger partial charge in [-0.15, -0.1) is 0 Å². The zero-order valence-corrected chi connectivity index (χ0v) is 15.3. The summed E-state index contributed by atoms with van der Waals surface area (Å²) >= 11 is 22.8. The second-order valence-corrected chi connectivity index (χ2v) is 7.54. The van der Waals surface area contributed by atoms with Crippen LogP contribution >= 0.6 is 47.0 Å². The Labute approximate surface area is 150 Å². The normalized spacial score (nSPS) is 12.4. The lowest BCUT2D eigenvalue weighted by Gasteiger charge is -2.27. The minimum atomic E-state index is -1.73. The number of thiocarbonyl (C=S) groups is 1. The zero-order valence-electron chi connectivity index (χ0n) is 12.3. The molecule has 0 bridgehead atoms. The van der Waals surface area contributed by atoms with Gasteiger partial charge in [0.2, 0.25) is 9.70 Å². The number of halogens is 3. The van der Waals surface area contributed by atoms with Gasteiger partial charge in [-0.05, 0) is 43.3 Å². The first-order valence-corrected chi connectivity index (χ1v) is 8.27. The van der Waals surface area contributed by atoms with Crippen molar-refractivity contribution in [3.05, 3.63) is 29.8 Å². The first-order valence-electron chi connectivity index (χ1n) is 6.72. The van der Waals surface area contributed by atoms with E-state index in [1.807, 2.05) is 38.1 Å². The second kappa shape index (κ2) is 8.77. The quantitative estimate of drug-likeness (QED) is 0.411. The van der Waals surface area contributed by atoms with Crippen LogP contribution in [0.4, 0.5) is 5.69 Å². The maximum absolute atomic E-state index is 11.7. The van der Waals surface area contributed by atoms with Crippen molar-refractivity contribution in [3.8, 4) is 0 Å². The fourth-order valence-corrected chi connectivity index (χ4v) is 2.24. The molecule has 122 valence electrons. The average Bonchev–Trinajstić information content (AvgIpc) is 2.37. The summed E-state index contributed by atoms with van der Waals surface area (Å²) in [6, 6.07) is 7.65. The second-order valence-electron chi connectivity index (χ2n) is 4.76. The van der Waals surface area contributed by atoms with Gasteiger partial charge in [-0.3, -0.25) is 4.79 Å². The highest BCUT2D eigenvalue weighted by atomic mass is 35.6. The molecular formula is C14H18Cl3N3OS. The third kappa shape index (κ3) is 7.01. The monoisotopic (exact) mass is 381 g/mol. The van der Waals surface area contributed by atoms with E-state index in [1.54, 1.807) is 0 Å². The van der Waals surface area contributed by atoms with Crippen molar-refractivity contribution in [2.75, 3.05) is 5.32 Å². The van der Waals surface area contributed by atoms with Crippen molar-refractivity contribution >= 4 is 63.7 Å². The van der Waals surface area contributed by atoms with Gasteiger partial charge in [0.25, 0.3) is 0 Å². The van der Waals surface area contributed by atoms with Gasteiger partial charge in [0.15, 0.2) is 5.11 Å². The lowest BCUT2D eigenvalue weighted by molar-refractivity contribution is -0.121. The van der Waals surface area contributed by atoms with Crippen LogP contribution < -0.4 is 16.0 Å². The molecule has 0 saturated heterocycles. The molecule has 4 nitrogen and oxygen atoms in total. The summed E-state index contributed by atoms with van der Waals surface area (Å²) in [4.78, 5) is 11.7. The molecule has 1 atom stereocenters. The summed E-state index contributed by atoms with van der Waals surface area (Å²) in [6.07, 6.45) is 0.114. The van der Waals surface area contributed by atoms with Crippen LogP contribution in [0.15, 0.2) is 24.3 Å². The van der Waals surface area contributed by atoms with E-state index in [0.29, 0.717) is 12.8 Å². The molecule has 22 heavy (non-hydrogen) atoms. The van der Waals surface area contributed by atoms with Crippen molar-refractivity contribution in [1.29, 1.82) is 0 Å².